The molecule has 1 aliphatic carbocycles. The van der Waals surface area contributed by atoms with Gasteiger partial charge in [0.1, 0.15) is 0 Å². The number of rotatable bonds is 3. The molecule has 2 heterocycles. The first-order chi connectivity index (χ1) is 10.3. The molecule has 2 atom stereocenters. The molecular weight excluding hydrogens is 275 g/mol. The minimum Gasteiger partial charge on any atom is -0.398 e. The highest BCUT2D eigenvalue weighted by molar-refractivity contribution is 6.61. The Bertz CT molecular complexity index is 510. The monoisotopic (exact) mass is 304 g/mol. The Morgan fingerprint density at radius 1 is 1.23 bits per heavy atom. The lowest BCUT2D eigenvalue weighted by molar-refractivity contribution is 0.00578. The molecule has 22 heavy (non-hydrogen) atoms. The Hall–Kier alpha value is -0.805. The molecule has 0 bridgehead atoms. The zero-order valence-corrected chi connectivity index (χ0v) is 14.6. The molecule has 1 aliphatic heterocycles. The van der Waals surface area contributed by atoms with Gasteiger partial charge in [-0.1, -0.05) is 19.8 Å². The molecule has 5 heteroatoms. The van der Waals surface area contributed by atoms with Crippen molar-refractivity contribution in [3.63, 3.8) is 0 Å². The van der Waals surface area contributed by atoms with Gasteiger partial charge < -0.3 is 9.31 Å². The lowest BCUT2D eigenvalue weighted by Gasteiger charge is -2.32. The minimum atomic E-state index is -0.350. The van der Waals surface area contributed by atoms with Crippen molar-refractivity contribution in [1.29, 1.82) is 0 Å². The van der Waals surface area contributed by atoms with Crippen molar-refractivity contribution in [2.24, 2.45) is 11.8 Å². The fourth-order valence-electron chi connectivity index (χ4n) is 3.56. The van der Waals surface area contributed by atoms with Gasteiger partial charge in [-0.15, -0.1) is 0 Å². The lowest BCUT2D eigenvalue weighted by atomic mass is 9.82. The standard InChI is InChI=1S/C17H29BN2O2/c1-13-7-6-8-14(11-13)12-20-10-9-15(19-20)18-21-16(2,3)17(4,5)22-18/h9-10,13-14H,6-8,11-12H2,1-5H3. The lowest BCUT2D eigenvalue weighted by Crippen LogP contribution is -2.41. The highest BCUT2D eigenvalue weighted by Gasteiger charge is 2.52. The molecule has 4 nitrogen and oxygen atoms in total. The van der Waals surface area contributed by atoms with Crippen molar-refractivity contribution < 1.29 is 9.31 Å². The molecular formula is C17H29BN2O2. The summed E-state index contributed by atoms with van der Waals surface area (Å²) in [7, 11) is -0.350. The zero-order chi connectivity index (χ0) is 16.0. The molecule has 2 aliphatic rings. The number of nitrogens with zero attached hydrogens (tertiary/aromatic N) is 2. The Labute approximate surface area is 134 Å². The van der Waals surface area contributed by atoms with E-state index in [4.69, 9.17) is 14.4 Å². The Morgan fingerprint density at radius 3 is 2.55 bits per heavy atom. The van der Waals surface area contributed by atoms with Crippen LogP contribution in [0.15, 0.2) is 12.3 Å². The molecule has 2 unspecified atom stereocenters. The summed E-state index contributed by atoms with van der Waals surface area (Å²) < 4.78 is 14.2. The topological polar surface area (TPSA) is 36.3 Å². The molecule has 122 valence electrons. The van der Waals surface area contributed by atoms with Gasteiger partial charge in [0.2, 0.25) is 0 Å². The first kappa shape index (κ1) is 16.1. The second-order valence-electron chi connectivity index (χ2n) is 8.19. The maximum atomic E-state index is 6.07. The molecule has 1 aromatic rings. The maximum absolute atomic E-state index is 6.07. The Kier molecular flexibility index (Phi) is 4.15. The normalized spacial score (nSPS) is 30.7. The van der Waals surface area contributed by atoms with E-state index < -0.39 is 0 Å². The summed E-state index contributed by atoms with van der Waals surface area (Å²) in [6, 6.07) is 2.04. The molecule has 3 rings (SSSR count). The average Bonchev–Trinajstić information content (AvgIpc) is 2.93. The van der Waals surface area contributed by atoms with E-state index in [2.05, 4.69) is 45.5 Å². The second-order valence-corrected chi connectivity index (χ2v) is 8.19. The summed E-state index contributed by atoms with van der Waals surface area (Å²) in [5, 5.41) is 4.71. The van der Waals surface area contributed by atoms with Crippen LogP contribution in [0.2, 0.25) is 0 Å². The zero-order valence-electron chi connectivity index (χ0n) is 14.6. The van der Waals surface area contributed by atoms with Crippen LogP contribution in [0.5, 0.6) is 0 Å². The van der Waals surface area contributed by atoms with Gasteiger partial charge in [0.25, 0.3) is 0 Å². The van der Waals surface area contributed by atoms with Crippen LogP contribution >= 0.6 is 0 Å². The summed E-state index contributed by atoms with van der Waals surface area (Å²) in [5.74, 6) is 1.62. The van der Waals surface area contributed by atoms with Crippen molar-refractivity contribution >= 4 is 12.7 Å². The van der Waals surface area contributed by atoms with Crippen LogP contribution in [0, 0.1) is 11.8 Å². The van der Waals surface area contributed by atoms with Crippen molar-refractivity contribution in [2.75, 3.05) is 0 Å². The third kappa shape index (κ3) is 3.11. The first-order valence-corrected chi connectivity index (χ1v) is 8.66. The predicted octanol–water partition coefficient (Wildman–Crippen LogP) is 3.01. The van der Waals surface area contributed by atoms with Crippen LogP contribution in [0.1, 0.15) is 60.3 Å². The van der Waals surface area contributed by atoms with E-state index in [-0.39, 0.29) is 18.3 Å². The van der Waals surface area contributed by atoms with Gasteiger partial charge in [-0.2, -0.15) is 5.10 Å². The third-order valence-corrected chi connectivity index (χ3v) is 5.65. The molecule has 0 N–H and O–H groups in total. The van der Waals surface area contributed by atoms with Crippen LogP contribution in [-0.4, -0.2) is 28.1 Å². The van der Waals surface area contributed by atoms with Crippen LogP contribution in [0.3, 0.4) is 0 Å². The number of aromatic nitrogens is 2. The van der Waals surface area contributed by atoms with Crippen LogP contribution in [-0.2, 0) is 15.9 Å². The molecule has 0 amide bonds. The van der Waals surface area contributed by atoms with Crippen LogP contribution in [0.4, 0.5) is 0 Å². The van der Waals surface area contributed by atoms with Gasteiger partial charge in [-0.25, -0.2) is 0 Å². The van der Waals surface area contributed by atoms with Gasteiger partial charge >= 0.3 is 7.12 Å². The quantitative estimate of drug-likeness (QED) is 0.805. The highest BCUT2D eigenvalue weighted by Crippen LogP contribution is 2.36. The van der Waals surface area contributed by atoms with Crippen LogP contribution in [0.25, 0.3) is 0 Å². The van der Waals surface area contributed by atoms with E-state index in [0.29, 0.717) is 0 Å². The largest absolute Gasteiger partial charge is 0.516 e. The summed E-state index contributed by atoms with van der Waals surface area (Å²) in [6.07, 6.45) is 7.47. The highest BCUT2D eigenvalue weighted by atomic mass is 16.7. The average molecular weight is 304 g/mol. The number of hydrogen-bond acceptors (Lipinski definition) is 3. The van der Waals surface area contributed by atoms with Gasteiger partial charge in [0.05, 0.1) is 16.8 Å². The third-order valence-electron chi connectivity index (χ3n) is 5.65. The molecule has 1 saturated carbocycles. The predicted molar refractivity (Wildman–Crippen MR) is 89.1 cm³/mol. The van der Waals surface area contributed by atoms with Crippen molar-refractivity contribution in [2.45, 2.75) is 78.0 Å². The fraction of sp³-hybridized carbons (Fsp3) is 0.824. The summed E-state index contributed by atoms with van der Waals surface area (Å²) in [4.78, 5) is 0. The van der Waals surface area contributed by atoms with E-state index in [9.17, 15) is 0 Å². The summed E-state index contributed by atoms with van der Waals surface area (Å²) in [6.45, 7) is 11.7. The van der Waals surface area contributed by atoms with Crippen molar-refractivity contribution in [3.05, 3.63) is 12.3 Å². The summed E-state index contributed by atoms with van der Waals surface area (Å²) in [5.41, 5.74) is 0.281. The van der Waals surface area contributed by atoms with E-state index in [1.807, 2.05) is 6.07 Å². The second kappa shape index (κ2) is 5.68. The van der Waals surface area contributed by atoms with E-state index in [1.54, 1.807) is 0 Å². The fourth-order valence-corrected chi connectivity index (χ4v) is 3.56. The molecule has 0 radical (unpaired) electrons. The first-order valence-electron chi connectivity index (χ1n) is 8.66. The molecule has 0 aromatic carbocycles. The minimum absolute atomic E-state index is 0.305. The number of hydrogen-bond donors (Lipinski definition) is 0. The van der Waals surface area contributed by atoms with Gasteiger partial charge in [-0.3, -0.25) is 4.68 Å². The van der Waals surface area contributed by atoms with E-state index in [0.717, 1.165) is 24.0 Å². The van der Waals surface area contributed by atoms with Gasteiger partial charge in [-0.05, 0) is 58.4 Å². The van der Waals surface area contributed by atoms with Gasteiger partial charge in [0, 0.05) is 12.7 Å². The Balaban J connectivity index is 1.65. The molecule has 2 fully saturated rings. The summed E-state index contributed by atoms with van der Waals surface area (Å²) >= 11 is 0. The van der Waals surface area contributed by atoms with Crippen molar-refractivity contribution in [3.8, 4) is 0 Å². The van der Waals surface area contributed by atoms with Crippen molar-refractivity contribution in [1.82, 2.24) is 9.78 Å². The van der Waals surface area contributed by atoms with Gasteiger partial charge in [0.15, 0.2) is 0 Å². The molecule has 1 saturated heterocycles. The smallest absolute Gasteiger partial charge is 0.398 e. The maximum Gasteiger partial charge on any atom is 0.516 e. The van der Waals surface area contributed by atoms with E-state index in [1.165, 1.54) is 25.7 Å². The SMILES string of the molecule is CC1CCCC(Cn2ccc(B3OC(C)(C)C(C)(C)O3)n2)C1. The van der Waals surface area contributed by atoms with Crippen LogP contribution < -0.4 is 5.59 Å². The Morgan fingerprint density at radius 2 is 1.91 bits per heavy atom. The van der Waals surface area contributed by atoms with E-state index >= 15 is 0 Å². The molecule has 0 spiro atoms. The molecule has 1 aromatic heterocycles.